The molecule has 0 saturated carbocycles. The fourth-order valence-corrected chi connectivity index (χ4v) is 2.85. The lowest BCUT2D eigenvalue weighted by molar-refractivity contribution is -0.156. The van der Waals surface area contributed by atoms with Gasteiger partial charge in [0.05, 0.1) is 6.42 Å². The van der Waals surface area contributed by atoms with Gasteiger partial charge in [-0.25, -0.2) is 4.79 Å². The molecular formula is C18H36N2O4Si. The van der Waals surface area contributed by atoms with Crippen LogP contribution in [0.15, 0.2) is 0 Å². The van der Waals surface area contributed by atoms with E-state index in [0.717, 1.165) is 6.42 Å². The molecule has 146 valence electrons. The number of urea groups is 1. The molecule has 7 heteroatoms. The maximum absolute atomic E-state index is 12.1. The van der Waals surface area contributed by atoms with Crippen LogP contribution in [0.2, 0.25) is 12.6 Å². The normalized spacial score (nSPS) is 13.1. The first-order chi connectivity index (χ1) is 11.3. The number of rotatable bonds is 9. The molecule has 0 aromatic carbocycles. The first kappa shape index (κ1) is 23.8. The maximum atomic E-state index is 12.1. The topological polar surface area (TPSA) is 84.5 Å². The summed E-state index contributed by atoms with van der Waals surface area (Å²) in [5, 5.41) is 5.32. The van der Waals surface area contributed by atoms with Crippen molar-refractivity contribution in [2.24, 2.45) is 10.8 Å². The highest BCUT2D eigenvalue weighted by atomic mass is 28.3. The van der Waals surface area contributed by atoms with Gasteiger partial charge in [-0.3, -0.25) is 4.79 Å². The molecule has 0 aromatic rings. The minimum atomic E-state index is -1.48. The fourth-order valence-electron chi connectivity index (χ4n) is 2.18. The number of esters is 1. The Hall–Kier alpha value is -1.24. The van der Waals surface area contributed by atoms with Crippen LogP contribution in [0.25, 0.3) is 0 Å². The van der Waals surface area contributed by atoms with Crippen molar-refractivity contribution in [3.8, 4) is 0 Å². The third kappa shape index (κ3) is 13.7. The minimum absolute atomic E-state index is 0.0695. The zero-order valence-electron chi connectivity index (χ0n) is 17.0. The van der Waals surface area contributed by atoms with E-state index in [1.54, 1.807) is 6.55 Å². The van der Waals surface area contributed by atoms with Crippen molar-refractivity contribution in [2.45, 2.75) is 79.5 Å². The fraction of sp³-hybridized carbons (Fsp3) is 0.889. The van der Waals surface area contributed by atoms with Crippen LogP contribution in [0.3, 0.4) is 0 Å². The summed E-state index contributed by atoms with van der Waals surface area (Å²) in [5.41, 5.74) is -0.0606. The standard InChI is InChI=1S/C18H36N2O4Si/c1-17(2,3)13-14(18(4,5)6)24-15(21)9-11-20-16(22)19-10-8-12-25(7)23/h14H,8-13H2,1-7H3,(H2,19,20,22). The van der Waals surface area contributed by atoms with Crippen molar-refractivity contribution >= 4 is 20.7 Å². The highest BCUT2D eigenvalue weighted by Crippen LogP contribution is 2.32. The lowest BCUT2D eigenvalue weighted by Crippen LogP contribution is -2.38. The van der Waals surface area contributed by atoms with Gasteiger partial charge >= 0.3 is 12.0 Å². The lowest BCUT2D eigenvalue weighted by atomic mass is 9.78. The van der Waals surface area contributed by atoms with E-state index in [-0.39, 0.29) is 41.9 Å². The second-order valence-electron chi connectivity index (χ2n) is 8.85. The van der Waals surface area contributed by atoms with Gasteiger partial charge in [0.15, 0.2) is 0 Å². The van der Waals surface area contributed by atoms with E-state index in [4.69, 9.17) is 4.74 Å². The van der Waals surface area contributed by atoms with Crippen LogP contribution in [0.5, 0.6) is 0 Å². The number of ether oxygens (including phenoxy) is 1. The summed E-state index contributed by atoms with van der Waals surface area (Å²) in [6.45, 7) is 15.0. The molecule has 0 heterocycles. The molecule has 2 amide bonds. The summed E-state index contributed by atoms with van der Waals surface area (Å²) in [6.07, 6.45) is 1.47. The van der Waals surface area contributed by atoms with Crippen LogP contribution >= 0.6 is 0 Å². The van der Waals surface area contributed by atoms with E-state index in [2.05, 4.69) is 52.2 Å². The monoisotopic (exact) mass is 372 g/mol. The van der Waals surface area contributed by atoms with Gasteiger partial charge in [-0.15, -0.1) is 0 Å². The van der Waals surface area contributed by atoms with Crippen LogP contribution in [-0.4, -0.2) is 39.9 Å². The van der Waals surface area contributed by atoms with Gasteiger partial charge in [-0.1, -0.05) is 41.5 Å². The molecule has 1 unspecified atom stereocenters. The summed E-state index contributed by atoms with van der Waals surface area (Å²) in [7, 11) is -1.48. The van der Waals surface area contributed by atoms with Gasteiger partial charge in [-0.05, 0) is 36.3 Å². The van der Waals surface area contributed by atoms with Crippen LogP contribution in [-0.2, 0) is 14.0 Å². The third-order valence-electron chi connectivity index (χ3n) is 3.64. The number of hydrogen-bond acceptors (Lipinski definition) is 4. The molecule has 0 radical (unpaired) electrons. The van der Waals surface area contributed by atoms with Gasteiger partial charge in [0, 0.05) is 13.1 Å². The Bertz CT molecular complexity index is 453. The van der Waals surface area contributed by atoms with E-state index in [9.17, 15) is 14.1 Å². The van der Waals surface area contributed by atoms with E-state index >= 15 is 0 Å². The molecular weight excluding hydrogens is 336 g/mol. The van der Waals surface area contributed by atoms with Crippen LogP contribution < -0.4 is 10.6 Å². The smallest absolute Gasteiger partial charge is 0.314 e. The average Bonchev–Trinajstić information content (AvgIpc) is 2.40. The SMILES string of the molecule is C[Si](=O)CCCNC(=O)NCCC(=O)OC(CC(C)(C)C)C(C)(C)C. The molecule has 0 bridgehead atoms. The van der Waals surface area contributed by atoms with Crippen LogP contribution in [0.1, 0.15) is 60.8 Å². The first-order valence-electron chi connectivity index (χ1n) is 9.02. The van der Waals surface area contributed by atoms with Gasteiger partial charge in [0.2, 0.25) is 0 Å². The van der Waals surface area contributed by atoms with Crippen molar-refractivity contribution in [2.75, 3.05) is 13.1 Å². The molecule has 1 atom stereocenters. The van der Waals surface area contributed by atoms with E-state index in [1.807, 2.05) is 0 Å². The molecule has 0 spiro atoms. The summed E-state index contributed by atoms with van der Waals surface area (Å²) < 4.78 is 16.6. The number of nitrogens with one attached hydrogen (secondary N) is 2. The highest BCUT2D eigenvalue weighted by molar-refractivity contribution is 6.40. The van der Waals surface area contributed by atoms with Crippen molar-refractivity contribution in [3.63, 3.8) is 0 Å². The van der Waals surface area contributed by atoms with Crippen LogP contribution in [0.4, 0.5) is 4.79 Å². The molecule has 0 aliphatic rings. The minimum Gasteiger partial charge on any atom is -0.462 e. The van der Waals surface area contributed by atoms with E-state index in [0.29, 0.717) is 19.0 Å². The van der Waals surface area contributed by atoms with Crippen molar-refractivity contribution in [3.05, 3.63) is 0 Å². The average molecular weight is 373 g/mol. The summed E-state index contributed by atoms with van der Waals surface area (Å²) in [5.74, 6) is -0.297. The number of hydrogen-bond donors (Lipinski definition) is 2. The molecule has 2 N–H and O–H groups in total. The zero-order valence-corrected chi connectivity index (χ0v) is 18.0. The Labute approximate surface area is 154 Å². The molecule has 0 saturated heterocycles. The molecule has 0 aliphatic carbocycles. The van der Waals surface area contributed by atoms with Crippen molar-refractivity contribution in [1.29, 1.82) is 0 Å². The Kier molecular flexibility index (Phi) is 10.2. The maximum Gasteiger partial charge on any atom is 0.314 e. The predicted molar refractivity (Wildman–Crippen MR) is 101 cm³/mol. The summed E-state index contributed by atoms with van der Waals surface area (Å²) >= 11 is 0. The molecule has 6 nitrogen and oxygen atoms in total. The van der Waals surface area contributed by atoms with Crippen molar-refractivity contribution < 1.29 is 18.8 Å². The largest absolute Gasteiger partial charge is 0.462 e. The van der Waals surface area contributed by atoms with Gasteiger partial charge in [-0.2, -0.15) is 0 Å². The Balaban J connectivity index is 4.15. The molecule has 0 aliphatic heterocycles. The van der Waals surface area contributed by atoms with Gasteiger partial charge in [0.25, 0.3) is 8.68 Å². The number of amides is 2. The molecule has 25 heavy (non-hydrogen) atoms. The number of carbonyl (C=O) groups is 2. The zero-order chi connectivity index (χ0) is 19.7. The Morgan fingerprint density at radius 2 is 1.60 bits per heavy atom. The van der Waals surface area contributed by atoms with Crippen LogP contribution in [0, 0.1) is 10.8 Å². The van der Waals surface area contributed by atoms with Gasteiger partial charge in [0.1, 0.15) is 6.10 Å². The van der Waals surface area contributed by atoms with E-state index in [1.165, 1.54) is 0 Å². The predicted octanol–water partition coefficient (Wildman–Crippen LogP) is 3.51. The van der Waals surface area contributed by atoms with Crippen molar-refractivity contribution in [1.82, 2.24) is 10.6 Å². The second kappa shape index (κ2) is 10.7. The Morgan fingerprint density at radius 1 is 1.04 bits per heavy atom. The second-order valence-corrected chi connectivity index (χ2v) is 10.8. The summed E-state index contributed by atoms with van der Waals surface area (Å²) in [4.78, 5) is 23.7. The quantitative estimate of drug-likeness (QED) is 0.368. The molecule has 0 aromatic heterocycles. The number of carbonyl (C=O) groups excluding carboxylic acids is 2. The van der Waals surface area contributed by atoms with Gasteiger partial charge < -0.3 is 19.8 Å². The highest BCUT2D eigenvalue weighted by Gasteiger charge is 2.32. The first-order valence-corrected chi connectivity index (χ1v) is 11.1. The Morgan fingerprint density at radius 3 is 2.08 bits per heavy atom. The molecule has 0 rings (SSSR count). The van der Waals surface area contributed by atoms with E-state index < -0.39 is 8.68 Å². The summed E-state index contributed by atoms with van der Waals surface area (Å²) in [6, 6.07) is 0.324. The third-order valence-corrected chi connectivity index (χ3v) is 4.70. The molecule has 0 fully saturated rings. The lowest BCUT2D eigenvalue weighted by Gasteiger charge is -2.35.